The molecule has 0 amide bonds. The van der Waals surface area contributed by atoms with E-state index in [9.17, 15) is 9.90 Å². The first-order valence-corrected chi connectivity index (χ1v) is 7.68. The number of oxazole rings is 1. The van der Waals surface area contributed by atoms with E-state index in [1.807, 2.05) is 36.4 Å². The summed E-state index contributed by atoms with van der Waals surface area (Å²) in [5, 5.41) is 23.1. The van der Waals surface area contributed by atoms with Crippen LogP contribution in [0.1, 0.15) is 0 Å². The number of aliphatic carboxylic acids is 1. The van der Waals surface area contributed by atoms with Crippen LogP contribution in [-0.4, -0.2) is 27.7 Å². The SMILES string of the molecule is O=C(O)CNc1ccc2cc(-c3nc4cc(O)ccc4o3)ccc2c1. The lowest BCUT2D eigenvalue weighted by Gasteiger charge is -2.06. The van der Waals surface area contributed by atoms with Gasteiger partial charge in [0.05, 0.1) is 0 Å². The van der Waals surface area contributed by atoms with Gasteiger partial charge in [-0.3, -0.25) is 4.79 Å². The molecule has 0 aliphatic rings. The Balaban J connectivity index is 1.70. The lowest BCUT2D eigenvalue weighted by atomic mass is 10.1. The molecule has 25 heavy (non-hydrogen) atoms. The maximum Gasteiger partial charge on any atom is 0.322 e. The largest absolute Gasteiger partial charge is 0.508 e. The molecule has 4 rings (SSSR count). The first kappa shape index (κ1) is 15.0. The number of hydrogen-bond donors (Lipinski definition) is 3. The van der Waals surface area contributed by atoms with E-state index in [2.05, 4.69) is 10.3 Å². The van der Waals surface area contributed by atoms with Gasteiger partial charge in [0.25, 0.3) is 0 Å². The Morgan fingerprint density at radius 3 is 2.68 bits per heavy atom. The average Bonchev–Trinajstić information content (AvgIpc) is 3.02. The van der Waals surface area contributed by atoms with Crippen LogP contribution in [-0.2, 0) is 4.79 Å². The summed E-state index contributed by atoms with van der Waals surface area (Å²) in [6, 6.07) is 16.2. The summed E-state index contributed by atoms with van der Waals surface area (Å²) in [6.07, 6.45) is 0. The molecule has 0 saturated carbocycles. The van der Waals surface area contributed by atoms with Gasteiger partial charge in [0.2, 0.25) is 5.89 Å². The number of carbonyl (C=O) groups is 1. The molecule has 0 spiro atoms. The van der Waals surface area contributed by atoms with E-state index in [4.69, 9.17) is 9.52 Å². The van der Waals surface area contributed by atoms with Crippen LogP contribution in [0.3, 0.4) is 0 Å². The lowest BCUT2D eigenvalue weighted by molar-refractivity contribution is -0.134. The quantitative estimate of drug-likeness (QED) is 0.525. The van der Waals surface area contributed by atoms with E-state index in [-0.39, 0.29) is 12.3 Å². The van der Waals surface area contributed by atoms with Gasteiger partial charge in [0.15, 0.2) is 5.58 Å². The highest BCUT2D eigenvalue weighted by Gasteiger charge is 2.10. The highest BCUT2D eigenvalue weighted by molar-refractivity contribution is 5.90. The number of hydrogen-bond acceptors (Lipinski definition) is 5. The van der Waals surface area contributed by atoms with Crippen molar-refractivity contribution in [2.45, 2.75) is 0 Å². The van der Waals surface area contributed by atoms with Crippen molar-refractivity contribution in [2.24, 2.45) is 0 Å². The fraction of sp³-hybridized carbons (Fsp3) is 0.0526. The number of nitrogens with zero attached hydrogens (tertiary/aromatic N) is 1. The van der Waals surface area contributed by atoms with Crippen LogP contribution in [0.15, 0.2) is 59.0 Å². The molecule has 4 aromatic rings. The van der Waals surface area contributed by atoms with Gasteiger partial charge in [-0.2, -0.15) is 0 Å². The van der Waals surface area contributed by atoms with Crippen LogP contribution < -0.4 is 5.32 Å². The number of aromatic hydroxyl groups is 1. The number of carboxylic acids is 1. The van der Waals surface area contributed by atoms with Crippen LogP contribution in [0, 0.1) is 0 Å². The highest BCUT2D eigenvalue weighted by Crippen LogP contribution is 2.29. The molecule has 6 heteroatoms. The first-order valence-electron chi connectivity index (χ1n) is 7.68. The Morgan fingerprint density at radius 1 is 1.04 bits per heavy atom. The third-order valence-electron chi connectivity index (χ3n) is 3.90. The van der Waals surface area contributed by atoms with Gasteiger partial charge in [-0.1, -0.05) is 12.1 Å². The summed E-state index contributed by atoms with van der Waals surface area (Å²) in [5.41, 5.74) is 2.79. The Morgan fingerprint density at radius 2 is 1.84 bits per heavy atom. The molecule has 0 atom stereocenters. The minimum Gasteiger partial charge on any atom is -0.508 e. The van der Waals surface area contributed by atoms with E-state index in [0.717, 1.165) is 22.0 Å². The Kier molecular flexibility index (Phi) is 3.50. The average molecular weight is 334 g/mol. The maximum atomic E-state index is 10.6. The van der Waals surface area contributed by atoms with Crippen LogP contribution in [0.25, 0.3) is 33.3 Å². The van der Waals surface area contributed by atoms with Crippen LogP contribution >= 0.6 is 0 Å². The number of nitrogens with one attached hydrogen (secondary N) is 1. The van der Waals surface area contributed by atoms with Gasteiger partial charge >= 0.3 is 5.97 Å². The van der Waals surface area contributed by atoms with E-state index in [1.165, 1.54) is 0 Å². The van der Waals surface area contributed by atoms with E-state index in [1.54, 1.807) is 18.2 Å². The molecular weight excluding hydrogens is 320 g/mol. The van der Waals surface area contributed by atoms with Crippen LogP contribution in [0.2, 0.25) is 0 Å². The molecule has 0 unspecified atom stereocenters. The Hall–Kier alpha value is -3.54. The van der Waals surface area contributed by atoms with Crippen molar-refractivity contribution >= 4 is 33.5 Å². The fourth-order valence-corrected chi connectivity index (χ4v) is 2.71. The predicted octanol–water partition coefficient (Wildman–Crippen LogP) is 3.85. The second-order valence-corrected chi connectivity index (χ2v) is 5.70. The maximum absolute atomic E-state index is 10.6. The number of phenols is 1. The van der Waals surface area contributed by atoms with Gasteiger partial charge in [-0.25, -0.2) is 4.98 Å². The van der Waals surface area contributed by atoms with Gasteiger partial charge in [0, 0.05) is 17.3 Å². The molecule has 6 nitrogen and oxygen atoms in total. The third-order valence-corrected chi connectivity index (χ3v) is 3.90. The zero-order valence-electron chi connectivity index (χ0n) is 13.1. The molecule has 1 aromatic heterocycles. The third kappa shape index (κ3) is 2.97. The summed E-state index contributed by atoms with van der Waals surface area (Å²) in [5.74, 6) is -0.278. The monoisotopic (exact) mass is 334 g/mol. The molecule has 1 heterocycles. The van der Waals surface area contributed by atoms with Crippen molar-refractivity contribution in [3.63, 3.8) is 0 Å². The molecular formula is C19H14N2O4. The summed E-state index contributed by atoms with van der Waals surface area (Å²) < 4.78 is 5.75. The van der Waals surface area contributed by atoms with Crippen molar-refractivity contribution in [2.75, 3.05) is 11.9 Å². The zero-order chi connectivity index (χ0) is 17.4. The Labute approximate surface area is 142 Å². The normalized spacial score (nSPS) is 11.0. The number of benzene rings is 3. The lowest BCUT2D eigenvalue weighted by Crippen LogP contribution is -2.12. The molecule has 0 bridgehead atoms. The zero-order valence-corrected chi connectivity index (χ0v) is 13.1. The van der Waals surface area contributed by atoms with E-state index >= 15 is 0 Å². The number of anilines is 1. The second-order valence-electron chi connectivity index (χ2n) is 5.70. The molecule has 3 N–H and O–H groups in total. The minimum atomic E-state index is -0.905. The summed E-state index contributed by atoms with van der Waals surface area (Å²) in [6.45, 7) is -0.126. The van der Waals surface area contributed by atoms with Gasteiger partial charge in [-0.15, -0.1) is 0 Å². The van der Waals surface area contributed by atoms with Crippen LogP contribution in [0.4, 0.5) is 5.69 Å². The summed E-state index contributed by atoms with van der Waals surface area (Å²) >= 11 is 0. The number of fused-ring (bicyclic) bond motifs is 2. The van der Waals surface area contributed by atoms with Crippen molar-refractivity contribution in [1.29, 1.82) is 0 Å². The molecule has 124 valence electrons. The molecule has 0 radical (unpaired) electrons. The highest BCUT2D eigenvalue weighted by atomic mass is 16.4. The smallest absolute Gasteiger partial charge is 0.322 e. The Bertz CT molecular complexity index is 1100. The summed E-state index contributed by atoms with van der Waals surface area (Å²) in [4.78, 5) is 15.0. The van der Waals surface area contributed by atoms with Gasteiger partial charge < -0.3 is 19.9 Å². The predicted molar refractivity (Wildman–Crippen MR) is 94.7 cm³/mol. The van der Waals surface area contributed by atoms with Crippen LogP contribution in [0.5, 0.6) is 5.75 Å². The number of phenolic OH excluding ortho intramolecular Hbond substituents is 1. The van der Waals surface area contributed by atoms with Gasteiger partial charge in [-0.05, 0) is 47.2 Å². The van der Waals surface area contributed by atoms with E-state index < -0.39 is 5.97 Å². The van der Waals surface area contributed by atoms with Crippen molar-refractivity contribution < 1.29 is 19.4 Å². The van der Waals surface area contributed by atoms with E-state index in [0.29, 0.717) is 17.0 Å². The summed E-state index contributed by atoms with van der Waals surface area (Å²) in [7, 11) is 0. The van der Waals surface area contributed by atoms with Gasteiger partial charge in [0.1, 0.15) is 17.8 Å². The number of rotatable bonds is 4. The molecule has 0 aliphatic carbocycles. The first-order chi connectivity index (χ1) is 12.1. The van der Waals surface area contributed by atoms with Crippen molar-refractivity contribution in [3.05, 3.63) is 54.6 Å². The molecule has 0 fully saturated rings. The molecule has 0 aliphatic heterocycles. The molecule has 0 saturated heterocycles. The number of aromatic nitrogens is 1. The minimum absolute atomic E-state index is 0.126. The molecule has 3 aromatic carbocycles. The second kappa shape index (κ2) is 5.83. The van der Waals surface area contributed by atoms with Crippen molar-refractivity contribution in [3.8, 4) is 17.2 Å². The number of carboxylic acid groups (broad SMARTS) is 1. The topological polar surface area (TPSA) is 95.6 Å². The standard InChI is InChI=1S/C19H14N2O4/c22-15-5-6-17-16(9-15)21-19(25-17)13-2-1-12-8-14(20-10-18(23)24)4-3-11(12)7-13/h1-9,20,22H,10H2,(H,23,24). The van der Waals surface area contributed by atoms with Crippen molar-refractivity contribution in [1.82, 2.24) is 4.98 Å². The fourth-order valence-electron chi connectivity index (χ4n) is 2.71.